The number of nitrogens with one attached hydrogen (secondary N) is 2. The first-order valence-electron chi connectivity index (χ1n) is 9.35. The molecular formula is C21H24N6. The Morgan fingerprint density at radius 3 is 2.74 bits per heavy atom. The Morgan fingerprint density at radius 2 is 1.93 bits per heavy atom. The molecule has 1 saturated heterocycles. The summed E-state index contributed by atoms with van der Waals surface area (Å²) >= 11 is 0. The fourth-order valence-corrected chi connectivity index (χ4v) is 3.30. The van der Waals surface area contributed by atoms with E-state index in [1.165, 1.54) is 5.56 Å². The summed E-state index contributed by atoms with van der Waals surface area (Å²) in [6.45, 7) is 6.14. The van der Waals surface area contributed by atoms with Crippen LogP contribution in [0.1, 0.15) is 18.5 Å². The lowest BCUT2D eigenvalue weighted by Crippen LogP contribution is -2.43. The van der Waals surface area contributed by atoms with E-state index in [1.54, 1.807) is 12.5 Å². The molecule has 1 aliphatic heterocycles. The number of nitrogens with zero attached hydrogens (tertiary/aromatic N) is 4. The van der Waals surface area contributed by atoms with Crippen LogP contribution in [0.2, 0.25) is 0 Å². The van der Waals surface area contributed by atoms with Gasteiger partial charge in [0.15, 0.2) is 0 Å². The molecule has 0 amide bonds. The minimum atomic E-state index is 0.135. The lowest BCUT2D eigenvalue weighted by molar-refractivity contribution is 0.585. The molecule has 1 fully saturated rings. The highest BCUT2D eigenvalue weighted by molar-refractivity contribution is 5.63. The molecule has 0 aliphatic carbocycles. The molecule has 27 heavy (non-hydrogen) atoms. The summed E-state index contributed by atoms with van der Waals surface area (Å²) < 4.78 is 0. The molecule has 3 heterocycles. The van der Waals surface area contributed by atoms with E-state index in [4.69, 9.17) is 4.98 Å². The normalized spacial score (nSPS) is 15.4. The quantitative estimate of drug-likeness (QED) is 0.729. The van der Waals surface area contributed by atoms with Crippen molar-refractivity contribution < 1.29 is 0 Å². The molecule has 0 unspecified atom stereocenters. The van der Waals surface area contributed by atoms with Gasteiger partial charge in [0.1, 0.15) is 18.0 Å². The number of piperazine rings is 1. The van der Waals surface area contributed by atoms with Crippen LogP contribution < -0.4 is 15.5 Å². The molecule has 1 aromatic carbocycles. The predicted octanol–water partition coefficient (Wildman–Crippen LogP) is 3.12. The molecule has 0 saturated carbocycles. The Hall–Kier alpha value is -2.99. The van der Waals surface area contributed by atoms with Crippen LogP contribution >= 0.6 is 0 Å². The van der Waals surface area contributed by atoms with E-state index < -0.39 is 0 Å². The smallest absolute Gasteiger partial charge is 0.129 e. The number of pyridine rings is 1. The molecule has 3 aromatic rings. The predicted molar refractivity (Wildman–Crippen MR) is 109 cm³/mol. The van der Waals surface area contributed by atoms with Crippen LogP contribution in [0.4, 0.5) is 11.6 Å². The molecule has 0 bridgehead atoms. The van der Waals surface area contributed by atoms with Gasteiger partial charge in [0.25, 0.3) is 0 Å². The van der Waals surface area contributed by atoms with E-state index in [2.05, 4.69) is 74.9 Å². The van der Waals surface area contributed by atoms with Crippen LogP contribution in [-0.2, 0) is 0 Å². The van der Waals surface area contributed by atoms with Crippen LogP contribution in [0.5, 0.6) is 0 Å². The second-order valence-corrected chi connectivity index (χ2v) is 6.70. The summed E-state index contributed by atoms with van der Waals surface area (Å²) in [5, 5.41) is 6.80. The highest BCUT2D eigenvalue weighted by Crippen LogP contribution is 2.25. The highest BCUT2D eigenvalue weighted by atomic mass is 15.2. The van der Waals surface area contributed by atoms with Crippen molar-refractivity contribution in [3.8, 4) is 11.3 Å². The fourth-order valence-electron chi connectivity index (χ4n) is 3.30. The van der Waals surface area contributed by atoms with Gasteiger partial charge >= 0.3 is 0 Å². The van der Waals surface area contributed by atoms with Crippen molar-refractivity contribution in [3.63, 3.8) is 0 Å². The number of anilines is 2. The van der Waals surface area contributed by atoms with Gasteiger partial charge in [-0.05, 0) is 36.8 Å². The standard InChI is InChI=1S/C21H24N6/c1-16(25-20-8-9-23-15-24-20)17-4-2-5-18(14-17)19-6-3-7-21(26-19)27-12-10-22-11-13-27/h2-9,14-16,22H,10-13H2,1H3,(H,23,24,25)/t16-/m0/s1. The van der Waals surface area contributed by atoms with Crippen LogP contribution in [0.15, 0.2) is 61.1 Å². The van der Waals surface area contributed by atoms with Gasteiger partial charge in [-0.25, -0.2) is 15.0 Å². The lowest BCUT2D eigenvalue weighted by atomic mass is 10.0. The number of aromatic nitrogens is 3. The van der Waals surface area contributed by atoms with E-state index in [1.807, 2.05) is 6.07 Å². The van der Waals surface area contributed by atoms with Gasteiger partial charge in [0.2, 0.25) is 0 Å². The van der Waals surface area contributed by atoms with Gasteiger partial charge in [-0.3, -0.25) is 0 Å². The third kappa shape index (κ3) is 4.23. The molecule has 0 spiro atoms. The average molecular weight is 360 g/mol. The van der Waals surface area contributed by atoms with Crippen LogP contribution in [0, 0.1) is 0 Å². The maximum Gasteiger partial charge on any atom is 0.129 e. The molecule has 2 aromatic heterocycles. The van der Waals surface area contributed by atoms with Crippen LogP contribution in [-0.4, -0.2) is 41.1 Å². The Morgan fingerprint density at radius 1 is 1.07 bits per heavy atom. The Labute approximate surface area is 159 Å². The second kappa shape index (κ2) is 8.14. The maximum absolute atomic E-state index is 4.91. The van der Waals surface area contributed by atoms with Gasteiger partial charge in [-0.15, -0.1) is 0 Å². The zero-order chi connectivity index (χ0) is 18.5. The van der Waals surface area contributed by atoms with Gasteiger partial charge < -0.3 is 15.5 Å². The first-order chi connectivity index (χ1) is 13.3. The molecule has 1 atom stereocenters. The molecular weight excluding hydrogens is 336 g/mol. The monoisotopic (exact) mass is 360 g/mol. The van der Waals surface area contributed by atoms with Crippen molar-refractivity contribution in [2.45, 2.75) is 13.0 Å². The Balaban J connectivity index is 1.55. The zero-order valence-corrected chi connectivity index (χ0v) is 15.5. The number of benzene rings is 1. The summed E-state index contributed by atoms with van der Waals surface area (Å²) in [6.07, 6.45) is 3.29. The molecule has 0 radical (unpaired) electrons. The van der Waals surface area contributed by atoms with E-state index in [0.717, 1.165) is 49.1 Å². The van der Waals surface area contributed by atoms with E-state index in [9.17, 15) is 0 Å². The Bertz CT molecular complexity index is 877. The minimum absolute atomic E-state index is 0.135. The van der Waals surface area contributed by atoms with Crippen LogP contribution in [0.3, 0.4) is 0 Å². The summed E-state index contributed by atoms with van der Waals surface area (Å²) in [5.41, 5.74) is 3.32. The first-order valence-corrected chi connectivity index (χ1v) is 9.35. The van der Waals surface area contributed by atoms with Crippen molar-refractivity contribution in [2.24, 2.45) is 0 Å². The maximum atomic E-state index is 4.91. The first kappa shape index (κ1) is 17.4. The molecule has 4 rings (SSSR count). The minimum Gasteiger partial charge on any atom is -0.363 e. The van der Waals surface area contributed by atoms with Gasteiger partial charge in [0.05, 0.1) is 5.69 Å². The lowest BCUT2D eigenvalue weighted by Gasteiger charge is -2.28. The average Bonchev–Trinajstić information content (AvgIpc) is 2.75. The summed E-state index contributed by atoms with van der Waals surface area (Å²) in [6, 6.07) is 16.8. The topological polar surface area (TPSA) is 66.0 Å². The Kier molecular flexibility index (Phi) is 5.25. The third-order valence-corrected chi connectivity index (χ3v) is 4.80. The number of hydrogen-bond donors (Lipinski definition) is 2. The van der Waals surface area contributed by atoms with Crippen molar-refractivity contribution >= 4 is 11.6 Å². The third-order valence-electron chi connectivity index (χ3n) is 4.80. The van der Waals surface area contributed by atoms with Crippen molar-refractivity contribution in [2.75, 3.05) is 36.4 Å². The highest BCUT2D eigenvalue weighted by Gasteiger charge is 2.13. The van der Waals surface area contributed by atoms with Gasteiger partial charge in [-0.2, -0.15) is 0 Å². The molecule has 6 nitrogen and oxygen atoms in total. The molecule has 2 N–H and O–H groups in total. The number of hydrogen-bond acceptors (Lipinski definition) is 6. The molecule has 138 valence electrons. The van der Waals surface area contributed by atoms with E-state index in [0.29, 0.717) is 0 Å². The summed E-state index contributed by atoms with van der Waals surface area (Å²) in [7, 11) is 0. The van der Waals surface area contributed by atoms with Gasteiger partial charge in [-0.1, -0.05) is 24.3 Å². The summed E-state index contributed by atoms with van der Waals surface area (Å²) in [4.78, 5) is 15.4. The van der Waals surface area contributed by atoms with Crippen molar-refractivity contribution in [3.05, 3.63) is 66.6 Å². The zero-order valence-electron chi connectivity index (χ0n) is 15.5. The molecule has 6 heteroatoms. The summed E-state index contributed by atoms with van der Waals surface area (Å²) in [5.74, 6) is 1.87. The number of rotatable bonds is 5. The largest absolute Gasteiger partial charge is 0.363 e. The van der Waals surface area contributed by atoms with E-state index >= 15 is 0 Å². The van der Waals surface area contributed by atoms with Gasteiger partial charge in [0, 0.05) is 44.0 Å². The second-order valence-electron chi connectivity index (χ2n) is 6.70. The van der Waals surface area contributed by atoms with E-state index in [-0.39, 0.29) is 6.04 Å². The molecule has 1 aliphatic rings. The van der Waals surface area contributed by atoms with Crippen molar-refractivity contribution in [1.82, 2.24) is 20.3 Å². The SMILES string of the molecule is C[C@H](Nc1ccncn1)c1cccc(-c2cccc(N3CCNCC3)n2)c1. The van der Waals surface area contributed by atoms with Crippen molar-refractivity contribution in [1.29, 1.82) is 0 Å². The van der Waals surface area contributed by atoms with Crippen LogP contribution in [0.25, 0.3) is 11.3 Å². The fraction of sp³-hybridized carbons (Fsp3) is 0.286.